The maximum atomic E-state index is 14.1. The number of nitrogens with one attached hydrogen (secondary N) is 4. The fourth-order valence-corrected chi connectivity index (χ4v) is 9.38. The second-order valence-electron chi connectivity index (χ2n) is 20.6. The number of hydrogen-bond acceptors (Lipinski definition) is 24. The Morgan fingerprint density at radius 3 is 1.15 bits per heavy atom. The Hall–Kier alpha value is -3.21. The Balaban J connectivity index is 1.61. The number of unbranched alkanes of at least 4 members (excludes halogenated alkanes) is 12. The molecule has 28 heteroatoms. The number of ether oxygens (including phenoxy) is 6. The lowest BCUT2D eigenvalue weighted by molar-refractivity contribution is -0.300. The highest BCUT2D eigenvalue weighted by atomic mass is 16.7. The average molecular weight is 1160 g/mol. The monoisotopic (exact) mass is 1160 g/mol. The van der Waals surface area contributed by atoms with E-state index in [9.17, 15) is 85.3 Å². The van der Waals surface area contributed by atoms with Crippen LogP contribution >= 0.6 is 0 Å². The van der Waals surface area contributed by atoms with Crippen molar-refractivity contribution in [3.8, 4) is 0 Å². The first kappa shape index (κ1) is 71.1. The van der Waals surface area contributed by atoms with Gasteiger partial charge in [0.15, 0.2) is 18.9 Å². The second kappa shape index (κ2) is 40.1. The topological polar surface area (TPSA) is 435 Å². The van der Waals surface area contributed by atoms with E-state index in [1.165, 1.54) is 30.6 Å². The molecule has 3 rings (SSSR count). The van der Waals surface area contributed by atoms with Gasteiger partial charge in [0.25, 0.3) is 0 Å². The molecular weight excluding hydrogens is 1060 g/mol. The summed E-state index contributed by atoms with van der Waals surface area (Å²) in [6, 6.07) is -1.21. The van der Waals surface area contributed by atoms with E-state index in [0.717, 1.165) is 51.4 Å². The van der Waals surface area contributed by atoms with Crippen LogP contribution in [0.5, 0.6) is 0 Å². The number of aliphatic hydroxyl groups is 12. The third-order valence-corrected chi connectivity index (χ3v) is 14.3. The first-order chi connectivity index (χ1) is 38.4. The molecule has 3 heterocycles. The Labute approximate surface area is 467 Å². The van der Waals surface area contributed by atoms with Crippen LogP contribution in [0, 0.1) is 0 Å². The molecule has 3 saturated heterocycles. The average Bonchev–Trinajstić information content (AvgIpc) is 3.46. The minimum Gasteiger partial charge on any atom is -0.394 e. The van der Waals surface area contributed by atoms with E-state index in [0.29, 0.717) is 37.9 Å². The number of rotatable bonds is 42. The van der Waals surface area contributed by atoms with Crippen LogP contribution in [0.4, 0.5) is 0 Å². The summed E-state index contributed by atoms with van der Waals surface area (Å²) in [4.78, 5) is 66.7. The number of hydrogen-bond donors (Lipinski definition) is 16. The summed E-state index contributed by atoms with van der Waals surface area (Å²) in [5.74, 6) is -1.90. The van der Waals surface area contributed by atoms with Crippen LogP contribution in [0.1, 0.15) is 122 Å². The molecule has 3 aliphatic heterocycles. The predicted molar refractivity (Wildman–Crippen MR) is 280 cm³/mol. The Morgan fingerprint density at radius 2 is 0.775 bits per heavy atom. The summed E-state index contributed by atoms with van der Waals surface area (Å²) in [6.45, 7) is -2.68. The molecule has 0 radical (unpaired) electrons. The van der Waals surface area contributed by atoms with Crippen LogP contribution in [-0.4, -0.2) is 273 Å². The van der Waals surface area contributed by atoms with Crippen molar-refractivity contribution in [2.75, 3.05) is 78.9 Å². The van der Waals surface area contributed by atoms with Gasteiger partial charge in [-0.25, -0.2) is 0 Å². The van der Waals surface area contributed by atoms with E-state index in [1.807, 2.05) is 6.92 Å². The van der Waals surface area contributed by atoms with Gasteiger partial charge in [0.1, 0.15) is 79.0 Å². The Morgan fingerprint density at radius 1 is 0.425 bits per heavy atom. The van der Waals surface area contributed by atoms with Gasteiger partial charge < -0.3 is 111 Å². The lowest BCUT2D eigenvalue weighted by atomic mass is 9.99. The van der Waals surface area contributed by atoms with Gasteiger partial charge in [-0.1, -0.05) is 71.1 Å². The van der Waals surface area contributed by atoms with Crippen molar-refractivity contribution in [1.82, 2.24) is 26.2 Å². The summed E-state index contributed by atoms with van der Waals surface area (Å²) >= 11 is 0. The summed E-state index contributed by atoms with van der Waals surface area (Å²) in [5, 5.41) is 131. The van der Waals surface area contributed by atoms with Crippen molar-refractivity contribution >= 4 is 29.4 Å². The molecule has 0 unspecified atom stereocenters. The normalized spacial score (nSPS) is 29.2. The Kier molecular flexibility index (Phi) is 35.6. The highest BCUT2D eigenvalue weighted by molar-refractivity contribution is 5.86. The molecule has 16 atom stereocenters. The van der Waals surface area contributed by atoms with E-state index >= 15 is 0 Å². The van der Waals surface area contributed by atoms with Crippen LogP contribution in [0.25, 0.3) is 0 Å². The molecule has 0 aromatic rings. The first-order valence-corrected chi connectivity index (χ1v) is 28.5. The quantitative estimate of drug-likeness (QED) is 0.0255. The smallest absolute Gasteiger partial charge is 0.237 e. The standard InChI is InChI=1S/C52H95N5O23/c1-2-32(61)17-13-11-9-7-5-3-4-6-8-10-12-14-19-37(62)53-20-16-15-18-33(49(74)56-23-26-77-52-48(73)45(70)42(67)36(31-60)80-52)57(27-38(63)54-21-24-75-50-46(71)43(68)40(65)34(29-58)78-50)28-39(64)55-22-25-76-51-47(72)44(69)41(66)35(30-59)79-51/h33-36,40-48,50-52,58-60,65-73H,2-31H2,1H3,(H,53,62)(H,54,63)(H,55,64)(H,56,74)/t33-,34+,35+,36+,40+,41+,42+,43-,44-,45-,46-,47-,48-,50-,51-,52-/m0/s1. The van der Waals surface area contributed by atoms with Crippen molar-refractivity contribution < 1.29 is 114 Å². The number of carbonyl (C=O) groups is 5. The number of ketones is 1. The molecule has 0 bridgehead atoms. The number of amides is 4. The highest BCUT2D eigenvalue weighted by Gasteiger charge is 2.46. The number of nitrogens with zero attached hydrogens (tertiary/aromatic N) is 1. The largest absolute Gasteiger partial charge is 0.394 e. The van der Waals surface area contributed by atoms with Gasteiger partial charge in [-0.05, 0) is 32.1 Å². The third kappa shape index (κ3) is 25.3. The molecule has 466 valence electrons. The second-order valence-corrected chi connectivity index (χ2v) is 20.6. The van der Waals surface area contributed by atoms with Crippen LogP contribution in [0.15, 0.2) is 0 Å². The molecule has 0 aliphatic carbocycles. The summed E-state index contributed by atoms with van der Waals surface area (Å²) < 4.78 is 32.5. The van der Waals surface area contributed by atoms with Crippen molar-refractivity contribution in [3.05, 3.63) is 0 Å². The highest BCUT2D eigenvalue weighted by Crippen LogP contribution is 2.25. The number of carbonyl (C=O) groups excluding carboxylic acids is 5. The van der Waals surface area contributed by atoms with Crippen LogP contribution in [-0.2, 0) is 52.4 Å². The fourth-order valence-electron chi connectivity index (χ4n) is 9.38. The zero-order valence-electron chi connectivity index (χ0n) is 46.3. The van der Waals surface area contributed by atoms with E-state index in [1.54, 1.807) is 0 Å². The van der Waals surface area contributed by atoms with E-state index in [2.05, 4.69) is 21.3 Å². The van der Waals surface area contributed by atoms with E-state index in [4.69, 9.17) is 28.4 Å². The molecule has 0 saturated carbocycles. The van der Waals surface area contributed by atoms with Crippen LogP contribution in [0.2, 0.25) is 0 Å². The van der Waals surface area contributed by atoms with Gasteiger partial charge in [0.05, 0.1) is 58.8 Å². The van der Waals surface area contributed by atoms with Gasteiger partial charge in [-0.2, -0.15) is 0 Å². The molecular formula is C52H95N5O23. The summed E-state index contributed by atoms with van der Waals surface area (Å²) in [6.07, 6.45) is -8.02. The zero-order valence-corrected chi connectivity index (χ0v) is 46.3. The van der Waals surface area contributed by atoms with Crippen molar-refractivity contribution in [3.63, 3.8) is 0 Å². The van der Waals surface area contributed by atoms with Gasteiger partial charge in [0, 0.05) is 45.4 Å². The lowest BCUT2D eigenvalue weighted by Gasteiger charge is -2.39. The molecule has 0 aromatic carbocycles. The fraction of sp³-hybridized carbons (Fsp3) is 0.904. The molecule has 16 N–H and O–H groups in total. The molecule has 80 heavy (non-hydrogen) atoms. The zero-order chi connectivity index (χ0) is 59.0. The van der Waals surface area contributed by atoms with Gasteiger partial charge in [-0.3, -0.25) is 28.9 Å². The van der Waals surface area contributed by atoms with E-state index in [-0.39, 0.29) is 58.3 Å². The SMILES string of the molecule is CCC(=O)CCCCCCCCCCCCCCC(=O)NCCCC[C@@H](C(=O)NCCO[C@H]1O[C@H](CO)[C@@H](O)[C@H](O)[C@@H]1O)N(CC(=O)NCCO[C@H]1O[C@H](CO)[C@@H](O)[C@H](O)[C@@H]1O)CC(=O)NCCO[C@H]1O[C@H](CO)[C@@H](O)[C@H](O)[C@@H]1O. The van der Waals surface area contributed by atoms with Crippen molar-refractivity contribution in [2.45, 2.75) is 221 Å². The van der Waals surface area contributed by atoms with Crippen molar-refractivity contribution in [1.29, 1.82) is 0 Å². The van der Waals surface area contributed by atoms with Gasteiger partial charge >= 0.3 is 0 Å². The van der Waals surface area contributed by atoms with Gasteiger partial charge in [-0.15, -0.1) is 0 Å². The number of aliphatic hydroxyl groups excluding tert-OH is 12. The molecule has 4 amide bonds. The van der Waals surface area contributed by atoms with Crippen LogP contribution < -0.4 is 21.3 Å². The number of Topliss-reactive ketones (excluding diaryl/α,β-unsaturated/α-hetero) is 1. The molecule has 3 aliphatic rings. The summed E-state index contributed by atoms with van der Waals surface area (Å²) in [5.41, 5.74) is 0. The maximum Gasteiger partial charge on any atom is 0.237 e. The van der Waals surface area contributed by atoms with Gasteiger partial charge in [0.2, 0.25) is 23.6 Å². The van der Waals surface area contributed by atoms with Crippen molar-refractivity contribution in [2.24, 2.45) is 0 Å². The molecule has 3 fully saturated rings. The Bertz CT molecular complexity index is 1680. The maximum absolute atomic E-state index is 14.1. The van der Waals surface area contributed by atoms with E-state index < -0.39 is 149 Å². The minimum atomic E-state index is -1.72. The molecule has 0 aromatic heterocycles. The molecule has 28 nitrogen and oxygen atoms in total. The minimum absolute atomic E-state index is 0.0392. The third-order valence-electron chi connectivity index (χ3n) is 14.3. The summed E-state index contributed by atoms with van der Waals surface area (Å²) in [7, 11) is 0. The predicted octanol–water partition coefficient (Wildman–Crippen LogP) is -4.82. The van der Waals surface area contributed by atoms with Crippen LogP contribution in [0.3, 0.4) is 0 Å². The molecule has 0 spiro atoms. The first-order valence-electron chi connectivity index (χ1n) is 28.5. The lowest BCUT2D eigenvalue weighted by Crippen LogP contribution is -2.59.